The van der Waals surface area contributed by atoms with Crippen molar-refractivity contribution in [3.63, 3.8) is 0 Å². The third-order valence-electron chi connectivity index (χ3n) is 2.18. The smallest absolute Gasteiger partial charge is 0.108 e. The first-order chi connectivity index (χ1) is 6.57. The molecule has 1 aromatic heterocycles. The number of rotatable bonds is 2. The lowest BCUT2D eigenvalue weighted by Crippen LogP contribution is -2.28. The van der Waals surface area contributed by atoms with Gasteiger partial charge in [0.1, 0.15) is 5.04 Å². The van der Waals surface area contributed by atoms with Gasteiger partial charge in [-0.1, -0.05) is 22.0 Å². The lowest BCUT2D eigenvalue weighted by Gasteiger charge is -2.20. The third-order valence-corrected chi connectivity index (χ3v) is 4.79. The number of hydrogen-bond donors (Lipinski definition) is 0. The molecule has 1 aliphatic heterocycles. The van der Waals surface area contributed by atoms with Crippen LogP contribution in [0.2, 0.25) is 0 Å². The van der Waals surface area contributed by atoms with Gasteiger partial charge in [-0.3, -0.25) is 4.99 Å². The van der Waals surface area contributed by atoms with E-state index in [1.165, 1.54) is 9.92 Å². The van der Waals surface area contributed by atoms with Gasteiger partial charge in [0.2, 0.25) is 0 Å². The summed E-state index contributed by atoms with van der Waals surface area (Å²) >= 11 is 7.31. The first-order valence-electron chi connectivity index (χ1n) is 4.51. The lowest BCUT2D eigenvalue weighted by atomic mass is 10.1. The van der Waals surface area contributed by atoms with Gasteiger partial charge in [-0.2, -0.15) is 0 Å². The fourth-order valence-electron chi connectivity index (χ4n) is 1.26. The van der Waals surface area contributed by atoms with Gasteiger partial charge < -0.3 is 0 Å². The van der Waals surface area contributed by atoms with E-state index in [1.54, 1.807) is 11.3 Å². The zero-order valence-electron chi connectivity index (χ0n) is 8.16. The van der Waals surface area contributed by atoms with Crippen molar-refractivity contribution in [2.45, 2.75) is 24.2 Å². The molecule has 2 heterocycles. The Bertz CT molecular complexity index is 338. The predicted octanol–water partition coefficient (Wildman–Crippen LogP) is 3.78. The summed E-state index contributed by atoms with van der Waals surface area (Å²) in [6, 6.07) is 4.61. The average molecular weight is 290 g/mol. The van der Waals surface area contributed by atoms with Crippen LogP contribution >= 0.6 is 39.0 Å². The number of halogens is 1. The number of nitrogens with zero attached hydrogens (tertiary/aromatic N) is 1. The Morgan fingerprint density at radius 3 is 2.86 bits per heavy atom. The Kier molecular flexibility index (Phi) is 3.05. The Hall–Kier alpha value is 0.200. The molecule has 1 aliphatic rings. The van der Waals surface area contributed by atoms with E-state index in [0.717, 1.165) is 5.75 Å². The van der Waals surface area contributed by atoms with E-state index in [4.69, 9.17) is 4.99 Å². The summed E-state index contributed by atoms with van der Waals surface area (Å²) in [6.07, 6.45) is 0. The lowest BCUT2D eigenvalue weighted by molar-refractivity contribution is 0.606. The quantitative estimate of drug-likeness (QED) is 0.755. The van der Waals surface area contributed by atoms with Gasteiger partial charge >= 0.3 is 0 Å². The molecule has 0 bridgehead atoms. The SMILES string of the molecule is CC(C)(Br)[C@H]1CSC(c2cccs2)=N1. The fourth-order valence-corrected chi connectivity index (χ4v) is 3.89. The zero-order valence-corrected chi connectivity index (χ0v) is 11.4. The standard InChI is InChI=1S/C10H12BrNS2/c1-10(2,11)8-6-14-9(12-8)7-4-3-5-13-7/h3-5,8H,6H2,1-2H3/t8-/m1/s1. The third kappa shape index (κ3) is 2.23. The van der Waals surface area contributed by atoms with Crippen molar-refractivity contribution in [1.82, 2.24) is 0 Å². The molecule has 0 fully saturated rings. The maximum atomic E-state index is 4.74. The van der Waals surface area contributed by atoms with Crippen LogP contribution < -0.4 is 0 Å². The van der Waals surface area contributed by atoms with Crippen molar-refractivity contribution >= 4 is 44.1 Å². The summed E-state index contributed by atoms with van der Waals surface area (Å²) in [6.45, 7) is 4.36. The normalized spacial score (nSPS) is 22.5. The molecule has 0 amide bonds. The van der Waals surface area contributed by atoms with Crippen LogP contribution in [0.15, 0.2) is 22.5 Å². The maximum Gasteiger partial charge on any atom is 0.108 e. The van der Waals surface area contributed by atoms with Crippen molar-refractivity contribution in [2.24, 2.45) is 4.99 Å². The van der Waals surface area contributed by atoms with Crippen molar-refractivity contribution in [3.05, 3.63) is 22.4 Å². The minimum absolute atomic E-state index is 0.110. The van der Waals surface area contributed by atoms with Crippen LogP contribution in [-0.4, -0.2) is 21.2 Å². The van der Waals surface area contributed by atoms with Gasteiger partial charge in [-0.05, 0) is 25.3 Å². The molecule has 0 saturated carbocycles. The molecular formula is C10H12BrNS2. The van der Waals surface area contributed by atoms with E-state index in [9.17, 15) is 0 Å². The molecule has 4 heteroatoms. The highest BCUT2D eigenvalue weighted by molar-refractivity contribution is 9.10. The first-order valence-corrected chi connectivity index (χ1v) is 7.16. The van der Waals surface area contributed by atoms with Gasteiger partial charge in [0, 0.05) is 10.1 Å². The van der Waals surface area contributed by atoms with Gasteiger partial charge in [0.05, 0.1) is 10.9 Å². The monoisotopic (exact) mass is 289 g/mol. The van der Waals surface area contributed by atoms with Gasteiger partial charge in [-0.15, -0.1) is 23.1 Å². The minimum atomic E-state index is 0.110. The van der Waals surface area contributed by atoms with Gasteiger partial charge in [-0.25, -0.2) is 0 Å². The second kappa shape index (κ2) is 3.99. The van der Waals surface area contributed by atoms with Gasteiger partial charge in [0.15, 0.2) is 0 Å². The number of hydrogen-bond acceptors (Lipinski definition) is 3. The molecule has 1 nitrogen and oxygen atoms in total. The number of thiophene rings is 1. The van der Waals surface area contributed by atoms with Crippen molar-refractivity contribution < 1.29 is 0 Å². The van der Waals surface area contributed by atoms with E-state index < -0.39 is 0 Å². The molecule has 1 aromatic rings. The van der Waals surface area contributed by atoms with E-state index in [-0.39, 0.29) is 4.32 Å². The summed E-state index contributed by atoms with van der Waals surface area (Å²) in [4.78, 5) is 6.05. The van der Waals surface area contributed by atoms with E-state index in [1.807, 2.05) is 11.8 Å². The molecule has 1 atom stereocenters. The second-order valence-electron chi connectivity index (χ2n) is 3.80. The van der Waals surface area contributed by atoms with Gasteiger partial charge in [0.25, 0.3) is 0 Å². The van der Waals surface area contributed by atoms with Crippen LogP contribution in [-0.2, 0) is 0 Å². The summed E-state index contributed by atoms with van der Waals surface area (Å²) in [5.74, 6) is 1.09. The summed E-state index contributed by atoms with van der Waals surface area (Å²) in [5, 5.41) is 3.31. The molecule has 0 spiro atoms. The topological polar surface area (TPSA) is 12.4 Å². The van der Waals surface area contributed by atoms with Crippen LogP contribution in [0, 0.1) is 0 Å². The Morgan fingerprint density at radius 2 is 2.36 bits per heavy atom. The van der Waals surface area contributed by atoms with Crippen molar-refractivity contribution in [2.75, 3.05) is 5.75 Å². The zero-order chi connectivity index (χ0) is 10.2. The van der Waals surface area contributed by atoms with Crippen LogP contribution in [0.5, 0.6) is 0 Å². The van der Waals surface area contributed by atoms with Crippen LogP contribution in [0.25, 0.3) is 0 Å². The molecule has 0 saturated heterocycles. The average Bonchev–Trinajstić information content (AvgIpc) is 2.73. The van der Waals surface area contributed by atoms with E-state index in [0.29, 0.717) is 6.04 Å². The summed E-state index contributed by atoms with van der Waals surface area (Å²) in [7, 11) is 0. The highest BCUT2D eigenvalue weighted by Crippen LogP contribution is 2.34. The Labute approximate surface area is 101 Å². The van der Waals surface area contributed by atoms with Crippen LogP contribution in [0.1, 0.15) is 18.7 Å². The van der Waals surface area contributed by atoms with E-state index in [2.05, 4.69) is 47.3 Å². The molecule has 14 heavy (non-hydrogen) atoms. The molecule has 2 rings (SSSR count). The number of thioether (sulfide) groups is 1. The summed E-state index contributed by atoms with van der Waals surface area (Å²) in [5.41, 5.74) is 0. The minimum Gasteiger partial charge on any atom is -0.271 e. The van der Waals surface area contributed by atoms with E-state index >= 15 is 0 Å². The molecule has 0 radical (unpaired) electrons. The second-order valence-corrected chi connectivity index (χ2v) is 7.80. The predicted molar refractivity (Wildman–Crippen MR) is 70.1 cm³/mol. The summed E-state index contributed by atoms with van der Waals surface area (Å²) < 4.78 is 0.110. The molecule has 0 aliphatic carbocycles. The Balaban J connectivity index is 2.18. The maximum absolute atomic E-state index is 4.74. The van der Waals surface area contributed by atoms with Crippen molar-refractivity contribution in [3.8, 4) is 0 Å². The van der Waals surface area contributed by atoms with Crippen LogP contribution in [0.3, 0.4) is 0 Å². The first kappa shape index (κ1) is 10.7. The molecular weight excluding hydrogens is 278 g/mol. The molecule has 0 N–H and O–H groups in total. The molecule has 0 unspecified atom stereocenters. The largest absolute Gasteiger partial charge is 0.271 e. The van der Waals surface area contributed by atoms with Crippen LogP contribution in [0.4, 0.5) is 0 Å². The molecule has 0 aromatic carbocycles. The van der Waals surface area contributed by atoms with Crippen molar-refractivity contribution in [1.29, 1.82) is 0 Å². The fraction of sp³-hybridized carbons (Fsp3) is 0.500. The number of aliphatic imine (C=N–C) groups is 1. The molecule has 76 valence electrons. The Morgan fingerprint density at radius 1 is 1.57 bits per heavy atom. The highest BCUT2D eigenvalue weighted by Gasteiger charge is 2.31. The number of alkyl halides is 1. The highest BCUT2D eigenvalue weighted by atomic mass is 79.9.